The maximum Gasteiger partial charge on any atom is 0.275 e. The SMILES string of the molecule is O=C(NOCCN1CCOCC1)c1ccccc1Br. The Kier molecular flexibility index (Phi) is 5.78. The van der Waals surface area contributed by atoms with E-state index in [1.807, 2.05) is 18.2 Å². The standard InChI is InChI=1S/C13H17BrN2O3/c14-12-4-2-1-3-11(12)13(17)15-19-10-7-16-5-8-18-9-6-16/h1-4H,5-10H2,(H,15,17). The Labute approximate surface area is 121 Å². The summed E-state index contributed by atoms with van der Waals surface area (Å²) in [5.41, 5.74) is 3.02. The number of carbonyl (C=O) groups is 1. The molecule has 1 aliphatic rings. The molecular weight excluding hydrogens is 312 g/mol. The molecule has 104 valence electrons. The lowest BCUT2D eigenvalue weighted by molar-refractivity contribution is -0.00179. The van der Waals surface area contributed by atoms with E-state index >= 15 is 0 Å². The number of nitrogens with one attached hydrogen (secondary N) is 1. The summed E-state index contributed by atoms with van der Waals surface area (Å²) in [7, 11) is 0. The number of hydroxylamine groups is 1. The lowest BCUT2D eigenvalue weighted by Gasteiger charge is -2.26. The molecule has 2 rings (SSSR count). The Morgan fingerprint density at radius 1 is 1.37 bits per heavy atom. The summed E-state index contributed by atoms with van der Waals surface area (Å²) in [6, 6.07) is 7.24. The van der Waals surface area contributed by atoms with Crippen LogP contribution in [-0.2, 0) is 9.57 Å². The first-order chi connectivity index (χ1) is 9.27. The van der Waals surface area contributed by atoms with E-state index < -0.39 is 0 Å². The highest BCUT2D eigenvalue weighted by molar-refractivity contribution is 9.10. The molecule has 6 heteroatoms. The average Bonchev–Trinajstić information content (AvgIpc) is 2.45. The number of benzene rings is 1. The van der Waals surface area contributed by atoms with Crippen LogP contribution in [0.2, 0.25) is 0 Å². The highest BCUT2D eigenvalue weighted by Crippen LogP contribution is 2.15. The highest BCUT2D eigenvalue weighted by atomic mass is 79.9. The summed E-state index contributed by atoms with van der Waals surface area (Å²) in [4.78, 5) is 19.3. The maximum atomic E-state index is 11.8. The van der Waals surface area contributed by atoms with E-state index in [-0.39, 0.29) is 5.91 Å². The minimum atomic E-state index is -0.241. The van der Waals surface area contributed by atoms with Gasteiger partial charge in [0.05, 0.1) is 25.4 Å². The molecule has 0 aliphatic carbocycles. The number of rotatable bonds is 5. The van der Waals surface area contributed by atoms with Gasteiger partial charge < -0.3 is 4.74 Å². The quantitative estimate of drug-likeness (QED) is 0.656. The number of carbonyl (C=O) groups excluding carboxylic acids is 1. The van der Waals surface area contributed by atoms with E-state index in [2.05, 4.69) is 26.3 Å². The van der Waals surface area contributed by atoms with E-state index in [0.717, 1.165) is 37.3 Å². The second-order valence-corrected chi connectivity index (χ2v) is 5.07. The smallest absolute Gasteiger partial charge is 0.275 e. The van der Waals surface area contributed by atoms with Gasteiger partial charge in [0, 0.05) is 24.1 Å². The molecule has 0 aromatic heterocycles. The van der Waals surface area contributed by atoms with Crippen molar-refractivity contribution < 1.29 is 14.4 Å². The van der Waals surface area contributed by atoms with E-state index in [1.165, 1.54) is 0 Å². The van der Waals surface area contributed by atoms with Crippen molar-refractivity contribution in [3.8, 4) is 0 Å². The molecule has 1 fully saturated rings. The summed E-state index contributed by atoms with van der Waals surface area (Å²) < 4.78 is 6.01. The first-order valence-electron chi connectivity index (χ1n) is 6.24. The monoisotopic (exact) mass is 328 g/mol. The van der Waals surface area contributed by atoms with Crippen molar-refractivity contribution in [1.82, 2.24) is 10.4 Å². The third-order valence-corrected chi connectivity index (χ3v) is 3.59. The van der Waals surface area contributed by atoms with Crippen molar-refractivity contribution in [3.05, 3.63) is 34.3 Å². The maximum absolute atomic E-state index is 11.8. The number of nitrogens with zero attached hydrogens (tertiary/aromatic N) is 1. The van der Waals surface area contributed by atoms with Crippen LogP contribution in [0.5, 0.6) is 0 Å². The topological polar surface area (TPSA) is 50.8 Å². The second-order valence-electron chi connectivity index (χ2n) is 4.21. The molecule has 0 spiro atoms. The van der Waals surface area contributed by atoms with Crippen molar-refractivity contribution in [2.24, 2.45) is 0 Å². The fourth-order valence-corrected chi connectivity index (χ4v) is 2.28. The molecule has 1 aliphatic heterocycles. The Balaban J connectivity index is 1.68. The Bertz CT molecular complexity index is 422. The van der Waals surface area contributed by atoms with Crippen LogP contribution in [0.1, 0.15) is 10.4 Å². The summed E-state index contributed by atoms with van der Waals surface area (Å²) in [6.45, 7) is 4.63. The first-order valence-corrected chi connectivity index (χ1v) is 7.03. The van der Waals surface area contributed by atoms with Gasteiger partial charge in [0.25, 0.3) is 5.91 Å². The summed E-state index contributed by atoms with van der Waals surface area (Å²) in [5.74, 6) is -0.241. The number of hydrogen-bond donors (Lipinski definition) is 1. The average molecular weight is 329 g/mol. The Morgan fingerprint density at radius 3 is 2.84 bits per heavy atom. The number of hydrogen-bond acceptors (Lipinski definition) is 4. The van der Waals surface area contributed by atoms with E-state index in [1.54, 1.807) is 6.07 Å². The zero-order valence-corrected chi connectivity index (χ0v) is 12.2. The third-order valence-electron chi connectivity index (χ3n) is 2.90. The van der Waals surface area contributed by atoms with Crippen molar-refractivity contribution in [2.75, 3.05) is 39.5 Å². The van der Waals surface area contributed by atoms with Gasteiger partial charge in [-0.15, -0.1) is 0 Å². The Hall–Kier alpha value is -0.950. The fraction of sp³-hybridized carbons (Fsp3) is 0.462. The van der Waals surface area contributed by atoms with E-state index in [9.17, 15) is 4.79 Å². The summed E-state index contributed by atoms with van der Waals surface area (Å²) in [5, 5.41) is 0. The normalized spacial score (nSPS) is 16.3. The first kappa shape index (κ1) is 14.5. The molecule has 1 amide bonds. The van der Waals surface area contributed by atoms with Crippen LogP contribution in [0.4, 0.5) is 0 Å². The molecule has 1 heterocycles. The lowest BCUT2D eigenvalue weighted by Crippen LogP contribution is -2.39. The van der Waals surface area contributed by atoms with Crippen LogP contribution in [0.25, 0.3) is 0 Å². The molecule has 0 bridgehead atoms. The van der Waals surface area contributed by atoms with Crippen molar-refractivity contribution in [3.63, 3.8) is 0 Å². The van der Waals surface area contributed by atoms with E-state index in [4.69, 9.17) is 9.57 Å². The van der Waals surface area contributed by atoms with Gasteiger partial charge in [0.1, 0.15) is 0 Å². The predicted molar refractivity (Wildman–Crippen MR) is 74.8 cm³/mol. The van der Waals surface area contributed by atoms with Gasteiger partial charge in [-0.05, 0) is 28.1 Å². The number of morpholine rings is 1. The van der Waals surface area contributed by atoms with Crippen LogP contribution >= 0.6 is 15.9 Å². The lowest BCUT2D eigenvalue weighted by atomic mass is 10.2. The number of halogens is 1. The van der Waals surface area contributed by atoms with Gasteiger partial charge in [-0.2, -0.15) is 0 Å². The van der Waals surface area contributed by atoms with Crippen LogP contribution in [0.15, 0.2) is 28.7 Å². The minimum absolute atomic E-state index is 0.241. The molecule has 0 radical (unpaired) electrons. The van der Waals surface area contributed by atoms with Gasteiger partial charge in [-0.3, -0.25) is 14.5 Å². The number of amides is 1. The summed E-state index contributed by atoms with van der Waals surface area (Å²) >= 11 is 3.33. The van der Waals surface area contributed by atoms with Crippen molar-refractivity contribution in [1.29, 1.82) is 0 Å². The largest absolute Gasteiger partial charge is 0.379 e. The Morgan fingerprint density at radius 2 is 2.11 bits per heavy atom. The third kappa shape index (κ3) is 4.58. The van der Waals surface area contributed by atoms with Gasteiger partial charge in [-0.1, -0.05) is 12.1 Å². The van der Waals surface area contributed by atoms with Gasteiger partial charge >= 0.3 is 0 Å². The van der Waals surface area contributed by atoms with Crippen LogP contribution < -0.4 is 5.48 Å². The zero-order chi connectivity index (χ0) is 13.5. The van der Waals surface area contributed by atoms with Crippen LogP contribution in [-0.4, -0.2) is 50.3 Å². The molecule has 1 saturated heterocycles. The molecule has 1 aromatic rings. The predicted octanol–water partition coefficient (Wildman–Crippen LogP) is 1.44. The molecule has 5 nitrogen and oxygen atoms in total. The fourth-order valence-electron chi connectivity index (χ4n) is 1.82. The van der Waals surface area contributed by atoms with Gasteiger partial charge in [0.15, 0.2) is 0 Å². The van der Waals surface area contributed by atoms with Gasteiger partial charge in [0.2, 0.25) is 0 Å². The molecular formula is C13H17BrN2O3. The van der Waals surface area contributed by atoms with Crippen molar-refractivity contribution >= 4 is 21.8 Å². The zero-order valence-electron chi connectivity index (χ0n) is 10.6. The minimum Gasteiger partial charge on any atom is -0.379 e. The van der Waals surface area contributed by atoms with Crippen molar-refractivity contribution in [2.45, 2.75) is 0 Å². The molecule has 1 N–H and O–H groups in total. The van der Waals surface area contributed by atoms with Gasteiger partial charge in [-0.25, -0.2) is 5.48 Å². The molecule has 0 atom stereocenters. The van der Waals surface area contributed by atoms with E-state index in [0.29, 0.717) is 12.2 Å². The number of ether oxygens (including phenoxy) is 1. The second kappa shape index (κ2) is 7.59. The molecule has 1 aromatic carbocycles. The van der Waals surface area contributed by atoms with Crippen LogP contribution in [0, 0.1) is 0 Å². The molecule has 0 saturated carbocycles. The molecule has 0 unspecified atom stereocenters. The van der Waals surface area contributed by atoms with Crippen LogP contribution in [0.3, 0.4) is 0 Å². The summed E-state index contributed by atoms with van der Waals surface area (Å²) in [6.07, 6.45) is 0. The highest BCUT2D eigenvalue weighted by Gasteiger charge is 2.11. The molecule has 19 heavy (non-hydrogen) atoms.